The maximum atomic E-state index is 13.3. The van der Waals surface area contributed by atoms with Gasteiger partial charge < -0.3 is 15.0 Å². The van der Waals surface area contributed by atoms with Crippen molar-refractivity contribution >= 4 is 52.1 Å². The van der Waals surface area contributed by atoms with Crippen LogP contribution in [0.1, 0.15) is 36.9 Å². The Hall–Kier alpha value is -2.13. The van der Waals surface area contributed by atoms with Gasteiger partial charge in [0.15, 0.2) is 0 Å². The Kier molecular flexibility index (Phi) is 6.76. The molecular formula is C21H21Cl3N4O4. The zero-order chi connectivity index (χ0) is 23.0. The molecule has 0 aliphatic carbocycles. The number of pyridine rings is 1. The predicted octanol–water partition coefficient (Wildman–Crippen LogP) is 5.06. The standard InChI is InChI=1S/C21H21Cl3N4O4/c1-11-20-12(6-13(22)7-15(20)23)2-4-27(11)21(29)18-8-14(3-5-32-18)26-16-9-19(24)25-10-17(16)28(30)31/h6-7,9-11,14,18H,2-5,8H2,1H3,(H,25,26)/t11-,14+,18+/m0/s1. The molecule has 3 atom stereocenters. The van der Waals surface area contributed by atoms with Gasteiger partial charge in [0.1, 0.15) is 23.1 Å². The number of hydrogen-bond acceptors (Lipinski definition) is 6. The fourth-order valence-corrected chi connectivity index (χ4v) is 5.24. The van der Waals surface area contributed by atoms with Crippen molar-refractivity contribution in [1.29, 1.82) is 0 Å². The minimum atomic E-state index is -0.660. The molecule has 2 aliphatic rings. The summed E-state index contributed by atoms with van der Waals surface area (Å²) in [4.78, 5) is 29.7. The molecule has 11 heteroatoms. The van der Waals surface area contributed by atoms with Gasteiger partial charge in [0.25, 0.3) is 5.91 Å². The monoisotopic (exact) mass is 498 g/mol. The second-order valence-corrected chi connectivity index (χ2v) is 9.16. The minimum Gasteiger partial charge on any atom is -0.376 e. The first-order chi connectivity index (χ1) is 15.2. The number of aromatic nitrogens is 1. The number of nitrogens with one attached hydrogen (secondary N) is 1. The van der Waals surface area contributed by atoms with Gasteiger partial charge >= 0.3 is 5.69 Å². The highest BCUT2D eigenvalue weighted by Gasteiger charge is 2.37. The highest BCUT2D eigenvalue weighted by Crippen LogP contribution is 2.38. The number of ether oxygens (including phenoxy) is 1. The van der Waals surface area contributed by atoms with Crippen LogP contribution in [-0.4, -0.2) is 46.0 Å². The van der Waals surface area contributed by atoms with Gasteiger partial charge in [-0.2, -0.15) is 0 Å². The Bertz CT molecular complexity index is 1070. The summed E-state index contributed by atoms with van der Waals surface area (Å²) in [5, 5.41) is 15.7. The number of benzene rings is 1. The van der Waals surface area contributed by atoms with Crippen LogP contribution in [0.5, 0.6) is 0 Å². The van der Waals surface area contributed by atoms with Gasteiger partial charge in [-0.3, -0.25) is 14.9 Å². The van der Waals surface area contributed by atoms with Crippen molar-refractivity contribution < 1.29 is 14.5 Å². The predicted molar refractivity (Wildman–Crippen MR) is 123 cm³/mol. The summed E-state index contributed by atoms with van der Waals surface area (Å²) in [7, 11) is 0. The van der Waals surface area contributed by atoms with E-state index in [0.29, 0.717) is 42.5 Å². The Morgan fingerprint density at radius 3 is 2.84 bits per heavy atom. The van der Waals surface area contributed by atoms with Crippen LogP contribution in [0.3, 0.4) is 0 Å². The van der Waals surface area contributed by atoms with Gasteiger partial charge in [-0.05, 0) is 43.0 Å². The summed E-state index contributed by atoms with van der Waals surface area (Å²) in [6.07, 6.45) is 2.09. The summed E-state index contributed by atoms with van der Waals surface area (Å²) >= 11 is 18.5. The number of nitro groups is 1. The summed E-state index contributed by atoms with van der Waals surface area (Å²) in [6, 6.07) is 4.60. The molecule has 3 heterocycles. The fraction of sp³-hybridized carbons (Fsp3) is 0.429. The number of amides is 1. The molecule has 1 saturated heterocycles. The van der Waals surface area contributed by atoms with Crippen molar-refractivity contribution in [3.63, 3.8) is 0 Å². The third-order valence-electron chi connectivity index (χ3n) is 5.94. The Morgan fingerprint density at radius 2 is 2.09 bits per heavy atom. The molecule has 2 aromatic rings. The molecule has 32 heavy (non-hydrogen) atoms. The molecule has 0 bridgehead atoms. The molecule has 4 rings (SSSR count). The third-order valence-corrected chi connectivity index (χ3v) is 6.67. The van der Waals surface area contributed by atoms with E-state index < -0.39 is 11.0 Å². The van der Waals surface area contributed by atoms with Gasteiger partial charge in [-0.15, -0.1) is 0 Å². The molecule has 170 valence electrons. The van der Waals surface area contributed by atoms with E-state index in [1.54, 1.807) is 11.0 Å². The molecule has 8 nitrogen and oxygen atoms in total. The number of rotatable bonds is 4. The molecule has 1 amide bonds. The van der Waals surface area contributed by atoms with Gasteiger partial charge in [-0.25, -0.2) is 4.98 Å². The molecular weight excluding hydrogens is 479 g/mol. The van der Waals surface area contributed by atoms with Crippen LogP contribution in [0, 0.1) is 10.1 Å². The van der Waals surface area contributed by atoms with E-state index in [-0.39, 0.29) is 34.5 Å². The first kappa shape index (κ1) is 23.0. The molecule has 0 unspecified atom stereocenters. The number of hydrogen-bond donors (Lipinski definition) is 1. The highest BCUT2D eigenvalue weighted by atomic mass is 35.5. The number of nitrogens with zero attached hydrogens (tertiary/aromatic N) is 3. The van der Waals surface area contributed by atoms with Crippen LogP contribution in [0.25, 0.3) is 0 Å². The van der Waals surface area contributed by atoms with E-state index in [4.69, 9.17) is 39.5 Å². The zero-order valence-electron chi connectivity index (χ0n) is 17.2. The van der Waals surface area contributed by atoms with Gasteiger partial charge in [0.2, 0.25) is 0 Å². The lowest BCUT2D eigenvalue weighted by Gasteiger charge is -2.39. The summed E-state index contributed by atoms with van der Waals surface area (Å²) in [5.41, 5.74) is 2.06. The lowest BCUT2D eigenvalue weighted by Crippen LogP contribution is -2.48. The first-order valence-corrected chi connectivity index (χ1v) is 11.3. The van der Waals surface area contributed by atoms with Gasteiger partial charge in [0, 0.05) is 41.7 Å². The van der Waals surface area contributed by atoms with E-state index in [9.17, 15) is 14.9 Å². The Balaban J connectivity index is 1.49. The van der Waals surface area contributed by atoms with E-state index in [0.717, 1.165) is 17.3 Å². The summed E-state index contributed by atoms with van der Waals surface area (Å²) in [5.74, 6) is -0.122. The lowest BCUT2D eigenvalue weighted by atomic mass is 9.92. The van der Waals surface area contributed by atoms with Gasteiger partial charge in [0.05, 0.1) is 11.0 Å². The van der Waals surface area contributed by atoms with Crippen LogP contribution >= 0.6 is 34.8 Å². The largest absolute Gasteiger partial charge is 0.376 e. The maximum absolute atomic E-state index is 13.3. The molecule has 0 radical (unpaired) electrons. The van der Waals surface area contributed by atoms with Crippen molar-refractivity contribution in [2.45, 2.75) is 44.4 Å². The van der Waals surface area contributed by atoms with Crippen LogP contribution in [-0.2, 0) is 16.0 Å². The van der Waals surface area contributed by atoms with E-state index in [1.807, 2.05) is 13.0 Å². The van der Waals surface area contributed by atoms with Crippen molar-refractivity contribution in [2.75, 3.05) is 18.5 Å². The number of halogens is 3. The van der Waals surface area contributed by atoms with Crippen molar-refractivity contribution in [2.24, 2.45) is 0 Å². The summed E-state index contributed by atoms with van der Waals surface area (Å²) < 4.78 is 5.79. The Morgan fingerprint density at radius 1 is 1.31 bits per heavy atom. The number of carbonyl (C=O) groups is 1. The summed E-state index contributed by atoms with van der Waals surface area (Å²) in [6.45, 7) is 2.83. The number of anilines is 1. The molecule has 1 aromatic carbocycles. The fourth-order valence-electron chi connectivity index (χ4n) is 4.39. The molecule has 1 aromatic heterocycles. The lowest BCUT2D eigenvalue weighted by molar-refractivity contribution is -0.384. The SMILES string of the molecule is C[C@H]1c2c(Cl)cc(Cl)cc2CCN1C(=O)[C@H]1C[C@H](Nc2cc(Cl)ncc2[N+](=O)[O-])CCO1. The minimum absolute atomic E-state index is 0.122. The molecule has 2 aliphatic heterocycles. The van der Waals surface area contributed by atoms with E-state index in [1.165, 1.54) is 6.07 Å². The average Bonchev–Trinajstić information content (AvgIpc) is 2.73. The van der Waals surface area contributed by atoms with Crippen molar-refractivity contribution in [3.05, 3.63) is 60.8 Å². The quantitative estimate of drug-likeness (QED) is 0.359. The number of carbonyl (C=O) groups excluding carboxylic acids is 1. The average molecular weight is 500 g/mol. The first-order valence-electron chi connectivity index (χ1n) is 10.2. The van der Waals surface area contributed by atoms with Crippen LogP contribution in [0.15, 0.2) is 24.4 Å². The van der Waals surface area contributed by atoms with E-state index in [2.05, 4.69) is 10.3 Å². The maximum Gasteiger partial charge on any atom is 0.310 e. The highest BCUT2D eigenvalue weighted by molar-refractivity contribution is 6.35. The van der Waals surface area contributed by atoms with Gasteiger partial charge in [-0.1, -0.05) is 34.8 Å². The van der Waals surface area contributed by atoms with Crippen molar-refractivity contribution in [1.82, 2.24) is 9.88 Å². The van der Waals surface area contributed by atoms with E-state index >= 15 is 0 Å². The topological polar surface area (TPSA) is 97.6 Å². The molecule has 0 spiro atoms. The normalized spacial score (nSPS) is 22.9. The second kappa shape index (κ2) is 9.39. The molecule has 0 saturated carbocycles. The van der Waals surface area contributed by atoms with Crippen LogP contribution < -0.4 is 5.32 Å². The van der Waals surface area contributed by atoms with Crippen LogP contribution in [0.2, 0.25) is 15.2 Å². The molecule has 1 N–H and O–H groups in total. The number of fused-ring (bicyclic) bond motifs is 1. The van der Waals surface area contributed by atoms with Crippen LogP contribution in [0.4, 0.5) is 11.4 Å². The third kappa shape index (κ3) is 4.64. The smallest absolute Gasteiger partial charge is 0.310 e. The molecule has 1 fully saturated rings. The Labute approximate surface area is 199 Å². The zero-order valence-corrected chi connectivity index (χ0v) is 19.5. The van der Waals surface area contributed by atoms with Crippen molar-refractivity contribution in [3.8, 4) is 0 Å². The second-order valence-electron chi connectivity index (χ2n) is 7.92.